The smallest absolute Gasteiger partial charge is 0.246 e. The number of piperazine rings is 1. The van der Waals surface area contributed by atoms with E-state index in [1.165, 1.54) is 5.56 Å². The summed E-state index contributed by atoms with van der Waals surface area (Å²) < 4.78 is 7.37. The molecule has 0 saturated carbocycles. The van der Waals surface area contributed by atoms with Gasteiger partial charge < -0.3 is 19.9 Å². The highest BCUT2D eigenvalue weighted by molar-refractivity contribution is 14.0. The van der Waals surface area contributed by atoms with E-state index in [4.69, 9.17) is 9.73 Å². The van der Waals surface area contributed by atoms with Gasteiger partial charge in [-0.2, -0.15) is 5.10 Å². The zero-order valence-corrected chi connectivity index (χ0v) is 21.2. The molecule has 4 rings (SSSR count). The van der Waals surface area contributed by atoms with Gasteiger partial charge in [-0.25, -0.2) is 0 Å². The van der Waals surface area contributed by atoms with Gasteiger partial charge >= 0.3 is 0 Å². The molecule has 0 spiro atoms. The van der Waals surface area contributed by atoms with E-state index >= 15 is 0 Å². The molecule has 1 aromatic carbocycles. The van der Waals surface area contributed by atoms with Crippen LogP contribution in [0.15, 0.2) is 47.7 Å². The van der Waals surface area contributed by atoms with Gasteiger partial charge in [0, 0.05) is 51.5 Å². The lowest BCUT2D eigenvalue weighted by atomic mass is 9.74. The van der Waals surface area contributed by atoms with Gasteiger partial charge in [0.25, 0.3) is 0 Å². The van der Waals surface area contributed by atoms with Gasteiger partial charge in [-0.05, 0) is 25.3 Å². The van der Waals surface area contributed by atoms with Crippen LogP contribution in [0.4, 0.5) is 5.69 Å². The molecule has 2 aromatic rings. The largest absolute Gasteiger partial charge is 0.381 e. The molecule has 0 radical (unpaired) electrons. The van der Waals surface area contributed by atoms with E-state index in [2.05, 4.69) is 52.6 Å². The first-order chi connectivity index (χ1) is 15.1. The summed E-state index contributed by atoms with van der Waals surface area (Å²) in [6, 6.07) is 10.6. The number of aryl methyl sites for hydroxylation is 1. The summed E-state index contributed by atoms with van der Waals surface area (Å²) in [5, 5.41) is 7.59. The molecule has 0 atom stereocenters. The summed E-state index contributed by atoms with van der Waals surface area (Å²) in [4.78, 5) is 21.8. The molecule has 1 N–H and O–H groups in total. The first kappa shape index (κ1) is 24.5. The number of benzene rings is 1. The number of nitrogens with zero attached hydrogens (tertiary/aromatic N) is 5. The zero-order chi connectivity index (χ0) is 21.7. The van der Waals surface area contributed by atoms with E-state index in [0.29, 0.717) is 19.6 Å². The minimum atomic E-state index is -0.0261. The standard InChI is InChI=1S/C23H32N6O2.HI/c1-3-24-22(28-11-12-29(21(30)17-28)20-15-26-27(2)16-20)25-18-23(9-13-31-14-10-23)19-7-5-4-6-8-19;/h4-8,15-16H,3,9-14,17-18H2,1-2H3,(H,24,25);1H. The summed E-state index contributed by atoms with van der Waals surface area (Å²) in [5.41, 5.74) is 2.14. The molecule has 32 heavy (non-hydrogen) atoms. The van der Waals surface area contributed by atoms with Crippen molar-refractivity contribution in [3.05, 3.63) is 48.3 Å². The number of aromatic nitrogens is 2. The molecule has 2 fully saturated rings. The molecular formula is C23H33IN6O2. The molecule has 1 aromatic heterocycles. The maximum Gasteiger partial charge on any atom is 0.246 e. The van der Waals surface area contributed by atoms with Gasteiger partial charge in [-0.15, -0.1) is 24.0 Å². The van der Waals surface area contributed by atoms with Gasteiger partial charge in [-0.1, -0.05) is 30.3 Å². The Bertz CT molecular complexity index is 910. The Morgan fingerprint density at radius 2 is 1.97 bits per heavy atom. The Kier molecular flexibility index (Phi) is 8.52. The number of aliphatic imine (C=N–C) groups is 1. The monoisotopic (exact) mass is 552 g/mol. The van der Waals surface area contributed by atoms with E-state index in [0.717, 1.165) is 50.8 Å². The topological polar surface area (TPSA) is 75.0 Å². The number of hydrogen-bond acceptors (Lipinski definition) is 4. The Morgan fingerprint density at radius 3 is 2.59 bits per heavy atom. The third-order valence-corrected chi connectivity index (χ3v) is 6.23. The van der Waals surface area contributed by atoms with Crippen molar-refractivity contribution in [1.82, 2.24) is 20.0 Å². The van der Waals surface area contributed by atoms with Gasteiger partial charge in [0.1, 0.15) is 6.54 Å². The normalized spacial score (nSPS) is 18.9. The Morgan fingerprint density at radius 1 is 1.22 bits per heavy atom. The van der Waals surface area contributed by atoms with Crippen molar-refractivity contribution in [3.63, 3.8) is 0 Å². The summed E-state index contributed by atoms with van der Waals surface area (Å²) in [7, 11) is 1.86. The SMILES string of the molecule is CCNC(=NCC1(c2ccccc2)CCOCC1)N1CCN(c2cnn(C)c2)C(=O)C1.I. The van der Waals surface area contributed by atoms with E-state index in [1.54, 1.807) is 15.8 Å². The van der Waals surface area contributed by atoms with E-state index in [1.807, 2.05) is 13.2 Å². The number of guanidine groups is 1. The number of rotatable bonds is 5. The molecular weight excluding hydrogens is 519 g/mol. The minimum absolute atomic E-state index is 0. The Labute approximate surface area is 207 Å². The zero-order valence-electron chi connectivity index (χ0n) is 18.9. The predicted molar refractivity (Wildman–Crippen MR) is 137 cm³/mol. The number of hydrogen-bond donors (Lipinski definition) is 1. The van der Waals surface area contributed by atoms with Crippen molar-refractivity contribution in [3.8, 4) is 0 Å². The second-order valence-corrected chi connectivity index (χ2v) is 8.27. The summed E-state index contributed by atoms with van der Waals surface area (Å²) in [6.45, 7) is 6.66. The number of carbonyl (C=O) groups is 1. The lowest BCUT2D eigenvalue weighted by Gasteiger charge is -2.38. The first-order valence-corrected chi connectivity index (χ1v) is 11.1. The van der Waals surface area contributed by atoms with Crippen LogP contribution in [0.25, 0.3) is 0 Å². The number of amides is 1. The highest BCUT2D eigenvalue weighted by Gasteiger charge is 2.35. The molecule has 2 aliphatic rings. The van der Waals surface area contributed by atoms with E-state index < -0.39 is 0 Å². The highest BCUT2D eigenvalue weighted by Crippen LogP contribution is 2.35. The van der Waals surface area contributed by atoms with Gasteiger partial charge in [-0.3, -0.25) is 14.5 Å². The van der Waals surface area contributed by atoms with Crippen LogP contribution < -0.4 is 10.2 Å². The average Bonchev–Trinajstić information content (AvgIpc) is 3.23. The molecule has 8 nitrogen and oxygen atoms in total. The lowest BCUT2D eigenvalue weighted by molar-refractivity contribution is -0.120. The fraction of sp³-hybridized carbons (Fsp3) is 0.522. The highest BCUT2D eigenvalue weighted by atomic mass is 127. The van der Waals surface area contributed by atoms with Crippen molar-refractivity contribution >= 4 is 41.5 Å². The van der Waals surface area contributed by atoms with Crippen LogP contribution in [0.5, 0.6) is 0 Å². The molecule has 0 aliphatic carbocycles. The molecule has 1 amide bonds. The third kappa shape index (κ3) is 5.43. The maximum absolute atomic E-state index is 12.9. The average molecular weight is 552 g/mol. The first-order valence-electron chi connectivity index (χ1n) is 11.1. The van der Waals surface area contributed by atoms with Crippen LogP contribution >= 0.6 is 24.0 Å². The van der Waals surface area contributed by atoms with Crippen LogP contribution in [0, 0.1) is 0 Å². The molecule has 0 unspecified atom stereocenters. The Balaban J connectivity index is 0.00000289. The second kappa shape index (κ2) is 11.1. The van der Waals surface area contributed by atoms with Crippen LogP contribution in [-0.4, -0.2) is 72.5 Å². The number of nitrogens with one attached hydrogen (secondary N) is 1. The number of anilines is 1. The fourth-order valence-electron chi connectivity index (χ4n) is 4.42. The van der Waals surface area contributed by atoms with Gasteiger partial charge in [0.2, 0.25) is 5.91 Å². The molecule has 2 aliphatic heterocycles. The summed E-state index contributed by atoms with van der Waals surface area (Å²) >= 11 is 0. The molecule has 2 saturated heterocycles. The van der Waals surface area contributed by atoms with Crippen molar-refractivity contribution in [2.45, 2.75) is 25.2 Å². The maximum atomic E-state index is 12.9. The number of carbonyl (C=O) groups excluding carboxylic acids is 1. The Hall–Kier alpha value is -2.14. The third-order valence-electron chi connectivity index (χ3n) is 6.23. The minimum Gasteiger partial charge on any atom is -0.381 e. The quantitative estimate of drug-likeness (QED) is 0.351. The van der Waals surface area contributed by atoms with Gasteiger partial charge in [0.05, 0.1) is 18.4 Å². The van der Waals surface area contributed by atoms with Gasteiger partial charge in [0.15, 0.2) is 5.96 Å². The van der Waals surface area contributed by atoms with E-state index in [-0.39, 0.29) is 35.3 Å². The molecule has 0 bridgehead atoms. The summed E-state index contributed by atoms with van der Waals surface area (Å²) in [5.74, 6) is 0.872. The predicted octanol–water partition coefficient (Wildman–Crippen LogP) is 2.40. The van der Waals surface area contributed by atoms with Crippen molar-refractivity contribution in [1.29, 1.82) is 0 Å². The number of ether oxygens (including phenoxy) is 1. The molecule has 9 heteroatoms. The summed E-state index contributed by atoms with van der Waals surface area (Å²) in [6.07, 6.45) is 5.52. The van der Waals surface area contributed by atoms with Crippen LogP contribution in [0.3, 0.4) is 0 Å². The van der Waals surface area contributed by atoms with Crippen molar-refractivity contribution < 1.29 is 9.53 Å². The van der Waals surface area contributed by atoms with Crippen molar-refractivity contribution in [2.24, 2.45) is 12.0 Å². The van der Waals surface area contributed by atoms with Crippen LogP contribution in [0.1, 0.15) is 25.3 Å². The molecule has 3 heterocycles. The molecule has 174 valence electrons. The van der Waals surface area contributed by atoms with E-state index in [9.17, 15) is 4.79 Å². The lowest BCUT2D eigenvalue weighted by Crippen LogP contribution is -2.55. The second-order valence-electron chi connectivity index (χ2n) is 8.27. The van der Waals surface area contributed by atoms with Crippen LogP contribution in [0.2, 0.25) is 0 Å². The van der Waals surface area contributed by atoms with Crippen molar-refractivity contribution in [2.75, 3.05) is 50.8 Å². The number of halogens is 1. The van der Waals surface area contributed by atoms with Crippen LogP contribution in [-0.2, 0) is 22.0 Å². The fourth-order valence-corrected chi connectivity index (χ4v) is 4.42.